The summed E-state index contributed by atoms with van der Waals surface area (Å²) < 4.78 is 77.8. The van der Waals surface area contributed by atoms with Crippen molar-refractivity contribution in [3.8, 4) is 0 Å². The van der Waals surface area contributed by atoms with Crippen molar-refractivity contribution in [1.29, 1.82) is 0 Å². The highest BCUT2D eigenvalue weighted by Crippen LogP contribution is 2.31. The molecular formula is C14H15F4NO4S. The fourth-order valence-electron chi connectivity index (χ4n) is 2.64. The number of carbonyl (C=O) groups is 1. The lowest BCUT2D eigenvalue weighted by molar-refractivity contribution is -0.143. The molecule has 2 N–H and O–H groups in total. The lowest BCUT2D eigenvalue weighted by atomic mass is 9.87. The Morgan fingerprint density at radius 3 is 2.21 bits per heavy atom. The van der Waals surface area contributed by atoms with Gasteiger partial charge in [0.15, 0.2) is 0 Å². The molecule has 1 aromatic carbocycles. The van der Waals surface area contributed by atoms with E-state index >= 15 is 0 Å². The Morgan fingerprint density at radius 1 is 1.17 bits per heavy atom. The minimum absolute atomic E-state index is 0.135. The number of sulfonamides is 1. The largest absolute Gasteiger partial charge is 0.481 e. The van der Waals surface area contributed by atoms with Crippen LogP contribution in [0.15, 0.2) is 23.1 Å². The van der Waals surface area contributed by atoms with Crippen molar-refractivity contribution in [2.45, 2.75) is 42.8 Å². The first-order chi connectivity index (χ1) is 11.0. The van der Waals surface area contributed by atoms with Crippen molar-refractivity contribution in [3.63, 3.8) is 0 Å². The normalized spacial score (nSPS) is 22.3. The summed E-state index contributed by atoms with van der Waals surface area (Å²) in [5.41, 5.74) is -1.28. The molecule has 0 spiro atoms. The standard InChI is InChI=1S/C14H15F4NO4S/c15-11-7-9(14(16,17)18)3-6-12(11)24(22,23)19-10-4-1-8(2-5-10)13(20)21/h3,6-8,10,19H,1-2,4-5H2,(H,20,21). The molecule has 1 aliphatic rings. The van der Waals surface area contributed by atoms with E-state index < -0.39 is 50.4 Å². The molecule has 1 aliphatic carbocycles. The molecule has 0 heterocycles. The number of rotatable bonds is 4. The van der Waals surface area contributed by atoms with Crippen molar-refractivity contribution in [3.05, 3.63) is 29.6 Å². The minimum Gasteiger partial charge on any atom is -0.481 e. The highest BCUT2D eigenvalue weighted by Gasteiger charge is 2.34. The zero-order chi connectivity index (χ0) is 18.1. The predicted molar refractivity (Wildman–Crippen MR) is 75.1 cm³/mol. The van der Waals surface area contributed by atoms with Crippen LogP contribution in [-0.4, -0.2) is 25.5 Å². The second-order valence-corrected chi connectivity index (χ2v) is 7.33. The SMILES string of the molecule is O=C(O)C1CCC(NS(=O)(=O)c2ccc(C(F)(F)F)cc2F)CC1. The van der Waals surface area contributed by atoms with E-state index in [0.717, 1.165) is 0 Å². The number of alkyl halides is 3. The molecule has 0 aliphatic heterocycles. The van der Waals surface area contributed by atoms with E-state index in [9.17, 15) is 30.8 Å². The number of carboxylic acid groups (broad SMARTS) is 1. The van der Waals surface area contributed by atoms with Gasteiger partial charge in [-0.25, -0.2) is 17.5 Å². The summed E-state index contributed by atoms with van der Waals surface area (Å²) in [7, 11) is -4.33. The van der Waals surface area contributed by atoms with Crippen LogP contribution < -0.4 is 4.72 Å². The average Bonchev–Trinajstić information content (AvgIpc) is 2.46. The molecule has 24 heavy (non-hydrogen) atoms. The van der Waals surface area contributed by atoms with E-state index in [4.69, 9.17) is 5.11 Å². The van der Waals surface area contributed by atoms with Crippen LogP contribution >= 0.6 is 0 Å². The Labute approximate surface area is 135 Å². The molecule has 0 atom stereocenters. The Balaban J connectivity index is 2.13. The van der Waals surface area contributed by atoms with Gasteiger partial charge in [0.25, 0.3) is 0 Å². The Hall–Kier alpha value is -1.68. The summed E-state index contributed by atoms with van der Waals surface area (Å²) in [4.78, 5) is 9.98. The average molecular weight is 369 g/mol. The third kappa shape index (κ3) is 4.23. The molecule has 5 nitrogen and oxygen atoms in total. The molecule has 0 amide bonds. The van der Waals surface area contributed by atoms with Crippen molar-refractivity contribution >= 4 is 16.0 Å². The van der Waals surface area contributed by atoms with Crippen LogP contribution in [0.2, 0.25) is 0 Å². The van der Waals surface area contributed by atoms with Crippen LogP contribution in [0.25, 0.3) is 0 Å². The molecular weight excluding hydrogens is 354 g/mol. The zero-order valence-electron chi connectivity index (χ0n) is 12.3. The van der Waals surface area contributed by atoms with E-state index in [1.807, 2.05) is 0 Å². The van der Waals surface area contributed by atoms with Gasteiger partial charge < -0.3 is 5.11 Å². The van der Waals surface area contributed by atoms with Crippen LogP contribution in [0.1, 0.15) is 31.2 Å². The van der Waals surface area contributed by atoms with Gasteiger partial charge in [-0.3, -0.25) is 4.79 Å². The predicted octanol–water partition coefficient (Wildman–Crippen LogP) is 2.77. The molecule has 134 valence electrons. The van der Waals surface area contributed by atoms with Gasteiger partial charge in [-0.2, -0.15) is 13.2 Å². The first kappa shape index (κ1) is 18.7. The summed E-state index contributed by atoms with van der Waals surface area (Å²) in [5, 5.41) is 8.88. The summed E-state index contributed by atoms with van der Waals surface area (Å²) >= 11 is 0. The van der Waals surface area contributed by atoms with Crippen LogP contribution in [0, 0.1) is 11.7 Å². The first-order valence-corrected chi connectivity index (χ1v) is 8.61. The molecule has 0 unspecified atom stereocenters. The van der Waals surface area contributed by atoms with Gasteiger partial charge in [-0.1, -0.05) is 0 Å². The van der Waals surface area contributed by atoms with E-state index in [2.05, 4.69) is 4.72 Å². The number of hydrogen-bond acceptors (Lipinski definition) is 3. The Bertz CT molecular complexity index is 725. The maximum Gasteiger partial charge on any atom is 0.416 e. The van der Waals surface area contributed by atoms with Crippen molar-refractivity contribution < 1.29 is 35.9 Å². The van der Waals surface area contributed by atoms with Crippen molar-refractivity contribution in [1.82, 2.24) is 4.72 Å². The maximum absolute atomic E-state index is 13.8. The van der Waals surface area contributed by atoms with Crippen LogP contribution in [0.4, 0.5) is 17.6 Å². The number of nitrogens with one attached hydrogen (secondary N) is 1. The molecule has 2 rings (SSSR count). The molecule has 0 radical (unpaired) electrons. The van der Waals surface area contributed by atoms with E-state index in [1.165, 1.54) is 0 Å². The van der Waals surface area contributed by atoms with Crippen LogP contribution in [-0.2, 0) is 21.0 Å². The van der Waals surface area contributed by atoms with Crippen LogP contribution in [0.5, 0.6) is 0 Å². The van der Waals surface area contributed by atoms with Crippen LogP contribution in [0.3, 0.4) is 0 Å². The quantitative estimate of drug-likeness (QED) is 0.800. The van der Waals surface area contributed by atoms with Crippen molar-refractivity contribution in [2.75, 3.05) is 0 Å². The van der Waals surface area contributed by atoms with E-state index in [1.54, 1.807) is 0 Å². The van der Waals surface area contributed by atoms with Crippen molar-refractivity contribution in [2.24, 2.45) is 5.92 Å². The Kier molecular flexibility index (Phi) is 5.19. The molecule has 10 heteroatoms. The lowest BCUT2D eigenvalue weighted by Gasteiger charge is -2.26. The summed E-state index contributed by atoms with van der Waals surface area (Å²) in [6.45, 7) is 0. The summed E-state index contributed by atoms with van der Waals surface area (Å²) in [6.07, 6.45) is -3.70. The molecule has 1 aromatic rings. The number of hydrogen-bond donors (Lipinski definition) is 2. The summed E-state index contributed by atoms with van der Waals surface area (Å²) in [5.74, 6) is -2.99. The monoisotopic (exact) mass is 369 g/mol. The van der Waals surface area contributed by atoms with Gasteiger partial charge in [0.1, 0.15) is 10.7 Å². The fraction of sp³-hybridized carbons (Fsp3) is 0.500. The molecule has 0 saturated heterocycles. The van der Waals surface area contributed by atoms with Gasteiger partial charge in [0, 0.05) is 6.04 Å². The Morgan fingerprint density at radius 2 is 1.75 bits per heavy atom. The van der Waals surface area contributed by atoms with Gasteiger partial charge >= 0.3 is 12.1 Å². The zero-order valence-corrected chi connectivity index (χ0v) is 13.1. The summed E-state index contributed by atoms with van der Waals surface area (Å²) in [6, 6.07) is 0.630. The topological polar surface area (TPSA) is 83.5 Å². The maximum atomic E-state index is 13.8. The van der Waals surface area contributed by atoms with Gasteiger partial charge in [0.2, 0.25) is 10.0 Å². The number of halogens is 4. The van der Waals surface area contributed by atoms with Gasteiger partial charge in [0.05, 0.1) is 11.5 Å². The third-order valence-corrected chi connectivity index (χ3v) is 5.50. The molecule has 0 bridgehead atoms. The number of aliphatic carboxylic acids is 1. The van der Waals surface area contributed by atoms with E-state index in [0.29, 0.717) is 12.1 Å². The highest BCUT2D eigenvalue weighted by atomic mass is 32.2. The molecule has 0 aromatic heterocycles. The fourth-order valence-corrected chi connectivity index (χ4v) is 4.00. The molecule has 1 saturated carbocycles. The van der Waals surface area contributed by atoms with E-state index in [-0.39, 0.29) is 31.7 Å². The second-order valence-electron chi connectivity index (χ2n) is 5.65. The highest BCUT2D eigenvalue weighted by molar-refractivity contribution is 7.89. The van der Waals surface area contributed by atoms with Gasteiger partial charge in [-0.05, 0) is 43.9 Å². The smallest absolute Gasteiger partial charge is 0.416 e. The number of benzene rings is 1. The minimum atomic E-state index is -4.77. The lowest BCUT2D eigenvalue weighted by Crippen LogP contribution is -2.39. The third-order valence-electron chi connectivity index (χ3n) is 3.95. The first-order valence-electron chi connectivity index (χ1n) is 7.12. The molecule has 1 fully saturated rings. The van der Waals surface area contributed by atoms with Gasteiger partial charge in [-0.15, -0.1) is 0 Å². The second kappa shape index (κ2) is 6.67. The number of carboxylic acids is 1.